The summed E-state index contributed by atoms with van der Waals surface area (Å²) in [6.45, 7) is 6.70. The standard InChI is InChI=1S/C61H49N4OSi.Ir/c1-67(2,3)52-29-26-50(27-30-52)59-51(38-62)28-31-54-53-15-10-16-55(60(53)66-61(54)59)58-34-25-44(41-65-58)19-22-47-36-45(20-17-42-23-32-56(63-39-42)48-11-6-4-7-12-48)35-46(37-47)21-18-43-24-33-57(64-40-43)49-13-8-5-9-14-49;/h4-11,13,15,23-37,39-41H,17-22H2,1-3H3;/q-3;+3/i17D2,18D2,19D2,20D2,21D2,22D2,28D;. The van der Waals surface area contributed by atoms with Crippen LogP contribution in [0.4, 0.5) is 0 Å². The Morgan fingerprint density at radius 1 is 0.559 bits per heavy atom. The Labute approximate surface area is 432 Å². The summed E-state index contributed by atoms with van der Waals surface area (Å²) in [5.74, 6) is 0. The van der Waals surface area contributed by atoms with Gasteiger partial charge in [0.15, 0.2) is 0 Å². The van der Waals surface area contributed by atoms with E-state index in [1.807, 2.05) is 24.3 Å². The van der Waals surface area contributed by atoms with Gasteiger partial charge in [0.05, 0.1) is 26.7 Å². The number of hydrogen-bond donors (Lipinski definition) is 0. The molecule has 0 saturated heterocycles. The summed E-state index contributed by atoms with van der Waals surface area (Å²) >= 11 is 0. The molecule has 332 valence electrons. The number of aromatic nitrogens is 3. The quantitative estimate of drug-likeness (QED) is 0.0801. The molecule has 0 aliphatic rings. The van der Waals surface area contributed by atoms with Crippen molar-refractivity contribution in [1.29, 1.82) is 5.26 Å². The van der Waals surface area contributed by atoms with Gasteiger partial charge in [-0.25, -0.2) is 0 Å². The number of nitrogens with zero attached hydrogens (tertiary/aromatic N) is 4. The predicted octanol–water partition coefficient (Wildman–Crippen LogP) is 13.6. The molecule has 0 saturated carbocycles. The van der Waals surface area contributed by atoms with E-state index in [1.165, 1.54) is 54.0 Å². The molecule has 0 amide bonds. The molecule has 6 aromatic carbocycles. The van der Waals surface area contributed by atoms with Gasteiger partial charge in [0.1, 0.15) is 5.58 Å². The van der Waals surface area contributed by atoms with Gasteiger partial charge in [-0.2, -0.15) is 5.26 Å². The van der Waals surface area contributed by atoms with Crippen LogP contribution < -0.4 is 5.19 Å². The van der Waals surface area contributed by atoms with Crippen LogP contribution in [0, 0.1) is 29.5 Å². The zero-order valence-corrected chi connectivity index (χ0v) is 40.5. The van der Waals surface area contributed by atoms with E-state index < -0.39 is 63.0 Å². The van der Waals surface area contributed by atoms with Gasteiger partial charge >= 0.3 is 20.1 Å². The molecule has 0 N–H and O–H groups in total. The fourth-order valence-electron chi connectivity index (χ4n) is 7.68. The first-order chi connectivity index (χ1) is 37.7. The second-order valence-corrected chi connectivity index (χ2v) is 21.9. The van der Waals surface area contributed by atoms with Crippen molar-refractivity contribution in [3.8, 4) is 51.0 Å². The molecule has 68 heavy (non-hydrogen) atoms. The van der Waals surface area contributed by atoms with E-state index in [-0.39, 0.29) is 54.1 Å². The average Bonchev–Trinajstić information content (AvgIpc) is 3.83. The average molecular weight is 1090 g/mol. The van der Waals surface area contributed by atoms with Gasteiger partial charge < -0.3 is 19.4 Å². The molecule has 0 spiro atoms. The summed E-state index contributed by atoms with van der Waals surface area (Å²) in [4.78, 5) is 13.3. The van der Waals surface area contributed by atoms with Crippen molar-refractivity contribution in [2.45, 2.75) is 57.9 Å². The van der Waals surface area contributed by atoms with Crippen molar-refractivity contribution in [2.24, 2.45) is 0 Å². The summed E-state index contributed by atoms with van der Waals surface area (Å²) in [6, 6.07) is 49.8. The van der Waals surface area contributed by atoms with Crippen LogP contribution in [0.1, 0.15) is 56.8 Å². The third kappa shape index (κ3) is 10.2. The first-order valence-corrected chi connectivity index (χ1v) is 25.1. The number of furan rings is 1. The Morgan fingerprint density at radius 2 is 1.06 bits per heavy atom. The van der Waals surface area contributed by atoms with Crippen LogP contribution in [0.2, 0.25) is 19.6 Å². The smallest absolute Gasteiger partial charge is 0.500 e. The fraction of sp³-hybridized carbons (Fsp3) is 0.148. The third-order valence-electron chi connectivity index (χ3n) is 11.2. The van der Waals surface area contributed by atoms with E-state index in [9.17, 15) is 21.7 Å². The second-order valence-electron chi connectivity index (χ2n) is 16.8. The van der Waals surface area contributed by atoms with E-state index >= 15 is 0 Å². The van der Waals surface area contributed by atoms with Gasteiger partial charge in [-0.3, -0.25) is 0 Å². The van der Waals surface area contributed by atoms with Crippen molar-refractivity contribution >= 4 is 35.2 Å². The van der Waals surface area contributed by atoms with Crippen molar-refractivity contribution in [1.82, 2.24) is 15.0 Å². The minimum atomic E-state index is -3.17. The molecule has 7 heteroatoms. The van der Waals surface area contributed by atoms with E-state index in [4.69, 9.17) is 5.79 Å². The van der Waals surface area contributed by atoms with E-state index in [0.717, 1.165) is 24.4 Å². The number of rotatable bonds is 14. The summed E-state index contributed by atoms with van der Waals surface area (Å²) in [7, 11) is -1.67. The van der Waals surface area contributed by atoms with Crippen LogP contribution >= 0.6 is 0 Å². The predicted molar refractivity (Wildman–Crippen MR) is 275 cm³/mol. The van der Waals surface area contributed by atoms with Crippen molar-refractivity contribution in [2.75, 3.05) is 0 Å². The SMILES string of the molecule is [2H]c1cc2c(oc3c(-c4ccc(C([2H])([2H])C([2H])([2H])c5cc(C([2H])([2H])C([2H])([2H])c6ccc(-c7[c-]cccc7)nc6)cc(C([2H])([2H])C([2H])([2H])c6ccc(-c7[c-]cccc7)nc6)c5)cn4)[c-]ccc32)c(-c2ccc([Si](C)(C)C)cc2)c1C#N.[Ir+3]. The maximum Gasteiger partial charge on any atom is 3.00 e. The van der Waals surface area contributed by atoms with Gasteiger partial charge in [0.25, 0.3) is 0 Å². The topological polar surface area (TPSA) is 75.6 Å². The molecular formula is C61H49IrN4OSi. The molecule has 0 aliphatic carbocycles. The molecule has 4 aromatic heterocycles. The van der Waals surface area contributed by atoms with Crippen LogP contribution in [0.3, 0.4) is 0 Å². The summed E-state index contributed by atoms with van der Waals surface area (Å²) in [6.07, 6.45) is -14.8. The van der Waals surface area contributed by atoms with Crippen LogP contribution in [0.15, 0.2) is 175 Å². The first-order valence-electron chi connectivity index (χ1n) is 28.1. The Hall–Kier alpha value is -7.07. The van der Waals surface area contributed by atoms with Crippen LogP contribution in [-0.2, 0) is 58.3 Å². The molecule has 0 fully saturated rings. The molecule has 0 atom stereocenters. The van der Waals surface area contributed by atoms with E-state index in [0.29, 0.717) is 61.1 Å². The third-order valence-corrected chi connectivity index (χ3v) is 13.2. The summed E-state index contributed by atoms with van der Waals surface area (Å²) < 4.78 is 128. The minimum absolute atomic E-state index is 0. The Kier molecular flexibility index (Phi) is 9.79. The largest absolute Gasteiger partial charge is 3.00 e. The van der Waals surface area contributed by atoms with Gasteiger partial charge in [-0.05, 0) is 100 Å². The number of pyridine rings is 3. The summed E-state index contributed by atoms with van der Waals surface area (Å²) in [5, 5.41) is 12.7. The zero-order valence-electron chi connectivity index (χ0n) is 50.1. The van der Waals surface area contributed by atoms with Gasteiger partial charge in [-0.1, -0.05) is 121 Å². The molecule has 4 heterocycles. The van der Waals surface area contributed by atoms with E-state index in [1.54, 1.807) is 66.7 Å². The maximum absolute atomic E-state index is 10.3. The normalized spacial score (nSPS) is 15.5. The first kappa shape index (κ1) is 32.6. The monoisotopic (exact) mass is 1090 g/mol. The van der Waals surface area contributed by atoms with Crippen LogP contribution in [-0.4, -0.2) is 23.0 Å². The number of nitriles is 1. The van der Waals surface area contributed by atoms with Crippen molar-refractivity contribution < 1.29 is 42.3 Å². The Bertz CT molecular complexity index is 3880. The Balaban J connectivity index is 0.00000792. The Morgan fingerprint density at radius 3 is 1.51 bits per heavy atom. The number of aryl methyl sites for hydroxylation is 6. The van der Waals surface area contributed by atoms with Gasteiger partial charge in [-0.15, -0.1) is 90.0 Å². The second kappa shape index (κ2) is 20.4. The van der Waals surface area contributed by atoms with Crippen LogP contribution in [0.5, 0.6) is 0 Å². The molecule has 0 unspecified atom stereocenters. The van der Waals surface area contributed by atoms with Gasteiger partial charge in [0, 0.05) is 46.0 Å². The fourth-order valence-corrected chi connectivity index (χ4v) is 8.85. The zero-order chi connectivity index (χ0) is 57.4. The molecule has 5 nitrogen and oxygen atoms in total. The molecular weight excluding hydrogens is 1030 g/mol. The molecule has 10 aromatic rings. The molecule has 10 rings (SSSR count). The molecule has 0 bridgehead atoms. The molecule has 0 radical (unpaired) electrons. The number of fused-ring (bicyclic) bond motifs is 3. The van der Waals surface area contributed by atoms with Crippen molar-refractivity contribution in [3.63, 3.8) is 0 Å². The number of benzene rings is 6. The van der Waals surface area contributed by atoms with Crippen LogP contribution in [0.25, 0.3) is 66.8 Å². The van der Waals surface area contributed by atoms with Gasteiger partial charge in [0.2, 0.25) is 0 Å². The van der Waals surface area contributed by atoms with Crippen molar-refractivity contribution in [3.05, 3.63) is 227 Å². The number of hydrogen-bond acceptors (Lipinski definition) is 5. The summed E-state index contributed by atoms with van der Waals surface area (Å²) in [5.41, 5.74) is 2.17. The van der Waals surface area contributed by atoms with E-state index in [2.05, 4.69) is 58.9 Å². The maximum atomic E-state index is 10.3. The minimum Gasteiger partial charge on any atom is -0.500 e. The molecule has 0 aliphatic heterocycles.